The Balaban J connectivity index is 1.84. The molecule has 0 aliphatic carbocycles. The van der Waals surface area contributed by atoms with Crippen LogP contribution in [0.15, 0.2) is 24.3 Å². The minimum atomic E-state index is -2.24. The number of halogens is 5. The molecule has 9 heteroatoms. The van der Waals surface area contributed by atoms with E-state index in [1.807, 2.05) is 0 Å². The van der Waals surface area contributed by atoms with Gasteiger partial charge in [0.2, 0.25) is 5.82 Å². The zero-order valence-electron chi connectivity index (χ0n) is 14.4. The predicted octanol–water partition coefficient (Wildman–Crippen LogP) is 4.13. The van der Waals surface area contributed by atoms with Gasteiger partial charge in [-0.25, -0.2) is 22.0 Å². The molecule has 2 unspecified atom stereocenters. The summed E-state index contributed by atoms with van der Waals surface area (Å²) in [5.74, 6) is -10.9. The van der Waals surface area contributed by atoms with Crippen LogP contribution in [0.4, 0.5) is 27.6 Å². The quantitative estimate of drug-likeness (QED) is 0.480. The Kier molecular flexibility index (Phi) is 4.70. The van der Waals surface area contributed by atoms with Gasteiger partial charge >= 0.3 is 0 Å². The standard InChI is InChI=1S/C19H15F5N2O2/c20-13-12(14(21)16(23)17(24)15(13)22)18-25-11-6-2-1-5-10(11)19(27)26(18)8-9-4-3-7-28-9/h1-2,5-6,9,18,25H,3-4,7-8H2. The second-order valence-electron chi connectivity index (χ2n) is 6.67. The third kappa shape index (κ3) is 2.90. The Morgan fingerprint density at radius 3 is 2.29 bits per heavy atom. The zero-order chi connectivity index (χ0) is 20.0. The van der Waals surface area contributed by atoms with Gasteiger partial charge in [-0.2, -0.15) is 0 Å². The minimum Gasteiger partial charge on any atom is -0.376 e. The molecule has 1 amide bonds. The Labute approximate surface area is 156 Å². The lowest BCUT2D eigenvalue weighted by Crippen LogP contribution is -2.47. The summed E-state index contributed by atoms with van der Waals surface area (Å²) in [6, 6.07) is 6.21. The van der Waals surface area contributed by atoms with E-state index in [0.717, 1.165) is 11.3 Å². The molecule has 1 N–H and O–H groups in total. The van der Waals surface area contributed by atoms with Gasteiger partial charge in [0, 0.05) is 18.8 Å². The summed E-state index contributed by atoms with van der Waals surface area (Å²) < 4.78 is 75.4. The fraction of sp³-hybridized carbons (Fsp3) is 0.316. The number of hydrogen-bond acceptors (Lipinski definition) is 3. The van der Waals surface area contributed by atoms with Crippen molar-refractivity contribution in [2.24, 2.45) is 0 Å². The lowest BCUT2D eigenvalue weighted by atomic mass is 10.0. The monoisotopic (exact) mass is 398 g/mol. The van der Waals surface area contributed by atoms with Crippen molar-refractivity contribution in [2.75, 3.05) is 18.5 Å². The molecule has 0 aromatic heterocycles. The van der Waals surface area contributed by atoms with Gasteiger partial charge in [-0.15, -0.1) is 0 Å². The first-order valence-corrected chi connectivity index (χ1v) is 8.69. The van der Waals surface area contributed by atoms with Gasteiger partial charge in [0.1, 0.15) is 6.17 Å². The molecule has 1 fully saturated rings. The highest BCUT2D eigenvalue weighted by Crippen LogP contribution is 2.37. The first kappa shape index (κ1) is 18.7. The molecule has 2 aliphatic heterocycles. The van der Waals surface area contributed by atoms with E-state index in [0.29, 0.717) is 13.0 Å². The molecular weight excluding hydrogens is 383 g/mol. The van der Waals surface area contributed by atoms with Crippen LogP contribution in [0, 0.1) is 29.1 Å². The second-order valence-corrected chi connectivity index (χ2v) is 6.67. The molecule has 1 saturated heterocycles. The highest BCUT2D eigenvalue weighted by Gasteiger charge is 2.40. The maximum absolute atomic E-state index is 14.4. The molecule has 2 aliphatic rings. The van der Waals surface area contributed by atoms with Crippen molar-refractivity contribution in [2.45, 2.75) is 25.1 Å². The summed E-state index contributed by atoms with van der Waals surface area (Å²) in [5, 5.41) is 2.74. The molecule has 4 nitrogen and oxygen atoms in total. The summed E-state index contributed by atoms with van der Waals surface area (Å²) in [6.45, 7) is 0.425. The number of hydrogen-bond donors (Lipinski definition) is 1. The maximum Gasteiger partial charge on any atom is 0.257 e. The van der Waals surface area contributed by atoms with Crippen LogP contribution in [0.5, 0.6) is 0 Å². The molecule has 2 aromatic rings. The second kappa shape index (κ2) is 7.05. The Bertz CT molecular complexity index is 917. The average Bonchev–Trinajstić information content (AvgIpc) is 3.21. The Morgan fingerprint density at radius 1 is 1.00 bits per heavy atom. The first-order chi connectivity index (χ1) is 13.4. The van der Waals surface area contributed by atoms with Crippen molar-refractivity contribution >= 4 is 11.6 Å². The van der Waals surface area contributed by atoms with Crippen LogP contribution in [-0.2, 0) is 4.74 Å². The zero-order valence-corrected chi connectivity index (χ0v) is 14.4. The van der Waals surface area contributed by atoms with Crippen LogP contribution in [0.25, 0.3) is 0 Å². The Morgan fingerprint density at radius 2 is 1.64 bits per heavy atom. The number of carbonyl (C=O) groups excluding carboxylic acids is 1. The number of rotatable bonds is 3. The summed E-state index contributed by atoms with van der Waals surface area (Å²) >= 11 is 0. The highest BCUT2D eigenvalue weighted by atomic mass is 19.2. The molecule has 2 atom stereocenters. The third-order valence-corrected chi connectivity index (χ3v) is 4.96. The van der Waals surface area contributed by atoms with Gasteiger partial charge in [0.05, 0.1) is 17.2 Å². The predicted molar refractivity (Wildman–Crippen MR) is 89.0 cm³/mol. The van der Waals surface area contributed by atoms with Crippen LogP contribution < -0.4 is 5.32 Å². The number of benzene rings is 2. The van der Waals surface area contributed by atoms with Gasteiger partial charge in [0.15, 0.2) is 23.3 Å². The Hall–Kier alpha value is -2.68. The molecule has 0 saturated carbocycles. The SMILES string of the molecule is O=C1c2ccccc2NC(c2c(F)c(F)c(F)c(F)c2F)N1CC1CCCO1. The molecule has 2 heterocycles. The average molecular weight is 398 g/mol. The fourth-order valence-electron chi connectivity index (χ4n) is 3.58. The van der Waals surface area contributed by atoms with Gasteiger partial charge in [-0.05, 0) is 25.0 Å². The fourth-order valence-corrected chi connectivity index (χ4v) is 3.58. The topological polar surface area (TPSA) is 41.6 Å². The number of amides is 1. The summed E-state index contributed by atoms with van der Waals surface area (Å²) in [5.41, 5.74) is -0.622. The number of nitrogens with zero attached hydrogens (tertiary/aromatic N) is 1. The van der Waals surface area contributed by atoms with Crippen LogP contribution in [-0.4, -0.2) is 30.1 Å². The smallest absolute Gasteiger partial charge is 0.257 e. The van der Waals surface area contributed by atoms with E-state index >= 15 is 0 Å². The van der Waals surface area contributed by atoms with E-state index in [2.05, 4.69) is 5.32 Å². The summed E-state index contributed by atoms with van der Waals surface area (Å²) in [6.07, 6.45) is -0.588. The number of fused-ring (bicyclic) bond motifs is 1. The summed E-state index contributed by atoms with van der Waals surface area (Å²) in [4.78, 5) is 14.0. The van der Waals surface area contributed by atoms with Gasteiger partial charge in [0.25, 0.3) is 5.91 Å². The molecule has 0 radical (unpaired) electrons. The molecule has 28 heavy (non-hydrogen) atoms. The van der Waals surface area contributed by atoms with Crippen molar-refractivity contribution in [1.29, 1.82) is 0 Å². The van der Waals surface area contributed by atoms with E-state index in [1.54, 1.807) is 12.1 Å². The van der Waals surface area contributed by atoms with Gasteiger partial charge < -0.3 is 15.0 Å². The minimum absolute atomic E-state index is 0.0513. The maximum atomic E-state index is 14.4. The van der Waals surface area contributed by atoms with E-state index in [1.165, 1.54) is 12.1 Å². The van der Waals surface area contributed by atoms with E-state index in [9.17, 15) is 26.7 Å². The number of anilines is 1. The third-order valence-electron chi connectivity index (χ3n) is 4.96. The highest BCUT2D eigenvalue weighted by molar-refractivity contribution is 6.01. The number of ether oxygens (including phenoxy) is 1. The van der Waals surface area contributed by atoms with Crippen LogP contribution in [0.2, 0.25) is 0 Å². The van der Waals surface area contributed by atoms with Crippen LogP contribution in [0.1, 0.15) is 34.9 Å². The van der Waals surface area contributed by atoms with Crippen molar-refractivity contribution in [3.05, 3.63) is 64.5 Å². The van der Waals surface area contributed by atoms with E-state index in [4.69, 9.17) is 4.74 Å². The molecule has 2 aromatic carbocycles. The van der Waals surface area contributed by atoms with Crippen molar-refractivity contribution in [3.63, 3.8) is 0 Å². The lowest BCUT2D eigenvalue weighted by Gasteiger charge is -2.39. The van der Waals surface area contributed by atoms with E-state index < -0.39 is 46.7 Å². The van der Waals surface area contributed by atoms with Crippen LogP contribution >= 0.6 is 0 Å². The summed E-state index contributed by atoms with van der Waals surface area (Å²) in [7, 11) is 0. The first-order valence-electron chi connectivity index (χ1n) is 8.69. The molecular formula is C19H15F5N2O2. The number of carbonyl (C=O) groups is 1. The van der Waals surface area contributed by atoms with Crippen molar-refractivity contribution in [1.82, 2.24) is 4.90 Å². The molecule has 148 valence electrons. The normalized spacial score (nSPS) is 21.6. The number of nitrogens with one attached hydrogen (secondary N) is 1. The van der Waals surface area contributed by atoms with Crippen LogP contribution in [0.3, 0.4) is 0 Å². The number of para-hydroxylation sites is 1. The molecule has 0 spiro atoms. The van der Waals surface area contributed by atoms with E-state index in [-0.39, 0.29) is 23.9 Å². The largest absolute Gasteiger partial charge is 0.376 e. The lowest BCUT2D eigenvalue weighted by molar-refractivity contribution is 0.0417. The van der Waals surface area contributed by atoms with Gasteiger partial charge in [-0.1, -0.05) is 12.1 Å². The van der Waals surface area contributed by atoms with Crippen molar-refractivity contribution < 1.29 is 31.5 Å². The molecule has 0 bridgehead atoms. The van der Waals surface area contributed by atoms with Gasteiger partial charge in [-0.3, -0.25) is 4.79 Å². The molecule has 4 rings (SSSR count). The van der Waals surface area contributed by atoms with Crippen molar-refractivity contribution in [3.8, 4) is 0 Å².